The van der Waals surface area contributed by atoms with Gasteiger partial charge in [-0.3, -0.25) is 4.79 Å². The van der Waals surface area contributed by atoms with E-state index < -0.39 is 29.8 Å². The number of alkyl carbamates (subject to hydrolysis) is 1. The number of likely N-dealkylation sites (N-methyl/N-ethyl adjacent to an activating group) is 1. The summed E-state index contributed by atoms with van der Waals surface area (Å²) in [6, 6.07) is 19.9. The Hall–Kier alpha value is -4.57. The molecule has 10 nitrogen and oxygen atoms in total. The van der Waals surface area contributed by atoms with Crippen molar-refractivity contribution in [1.82, 2.24) is 10.6 Å². The molecule has 1 aliphatic carbocycles. The molecule has 0 aromatic heterocycles. The molecule has 0 fully saturated rings. The standard InChI is InChI=1S/C34H40N2O8/c1-21(44-34(2,3)4)31(32(38)42-18-22-15-16-23(17-29(22)40-6)41-20-30(37)35-5)36-33(39)43-19-28-26-13-9-7-11-24(26)25-12-8-10-14-27(25)28/h7-17,21,28,31H,18-20H2,1-6H3,(H,35,37)(H,36,39)/t21-,31+/m0/s1. The predicted molar refractivity (Wildman–Crippen MR) is 165 cm³/mol. The second-order valence-electron chi connectivity index (χ2n) is 11.4. The van der Waals surface area contributed by atoms with E-state index in [2.05, 4.69) is 22.8 Å². The van der Waals surface area contributed by atoms with Crippen molar-refractivity contribution in [2.24, 2.45) is 0 Å². The Kier molecular flexibility index (Phi) is 10.5. The molecule has 3 aromatic rings. The van der Waals surface area contributed by atoms with Crippen molar-refractivity contribution in [2.45, 2.75) is 58.0 Å². The number of fused-ring (bicyclic) bond motifs is 3. The minimum atomic E-state index is -1.15. The SMILES string of the molecule is CNC(=O)COc1ccc(COC(=O)[C@H](NC(=O)OCC2c3ccccc3-c3ccccc32)[C@H](C)OC(C)(C)C)c(OC)c1. The van der Waals surface area contributed by atoms with E-state index in [1.54, 1.807) is 25.1 Å². The molecule has 0 spiro atoms. The van der Waals surface area contributed by atoms with Crippen molar-refractivity contribution >= 4 is 18.0 Å². The van der Waals surface area contributed by atoms with Gasteiger partial charge in [-0.1, -0.05) is 48.5 Å². The van der Waals surface area contributed by atoms with Gasteiger partial charge in [0.05, 0.1) is 18.8 Å². The Balaban J connectivity index is 1.42. The normalized spacial score (nSPS) is 13.6. The lowest BCUT2D eigenvalue weighted by molar-refractivity contribution is -0.155. The summed E-state index contributed by atoms with van der Waals surface area (Å²) < 4.78 is 28.2. The van der Waals surface area contributed by atoms with Gasteiger partial charge in [-0.05, 0) is 62.1 Å². The number of amides is 2. The highest BCUT2D eigenvalue weighted by atomic mass is 16.6. The lowest BCUT2D eigenvalue weighted by atomic mass is 9.98. The Labute approximate surface area is 258 Å². The van der Waals surface area contributed by atoms with Gasteiger partial charge in [0.25, 0.3) is 5.91 Å². The zero-order valence-corrected chi connectivity index (χ0v) is 26.0. The van der Waals surface area contributed by atoms with Crippen LogP contribution in [-0.4, -0.2) is 63.1 Å². The average molecular weight is 605 g/mol. The summed E-state index contributed by atoms with van der Waals surface area (Å²) in [5.74, 6) is -0.270. The fourth-order valence-electron chi connectivity index (χ4n) is 5.15. The third-order valence-electron chi connectivity index (χ3n) is 7.16. The number of esters is 1. The fourth-order valence-corrected chi connectivity index (χ4v) is 5.15. The van der Waals surface area contributed by atoms with E-state index in [1.807, 2.05) is 57.2 Å². The molecule has 0 radical (unpaired) electrons. The number of carbonyl (C=O) groups excluding carboxylic acids is 3. The number of carbonyl (C=O) groups is 3. The predicted octanol–water partition coefficient (Wildman–Crippen LogP) is 4.97. The van der Waals surface area contributed by atoms with Crippen LogP contribution in [0, 0.1) is 0 Å². The van der Waals surface area contributed by atoms with Crippen LogP contribution in [0.15, 0.2) is 66.7 Å². The van der Waals surface area contributed by atoms with Crippen molar-refractivity contribution in [2.75, 3.05) is 27.4 Å². The minimum Gasteiger partial charge on any atom is -0.496 e. The summed E-state index contributed by atoms with van der Waals surface area (Å²) in [7, 11) is 3.00. The zero-order valence-electron chi connectivity index (χ0n) is 26.0. The molecule has 0 bridgehead atoms. The Bertz CT molecular complexity index is 1440. The van der Waals surface area contributed by atoms with Crippen LogP contribution in [0.3, 0.4) is 0 Å². The van der Waals surface area contributed by atoms with E-state index in [-0.39, 0.29) is 31.6 Å². The number of ether oxygens (including phenoxy) is 5. The molecule has 0 saturated heterocycles. The first-order valence-electron chi connectivity index (χ1n) is 14.5. The van der Waals surface area contributed by atoms with Gasteiger partial charge in [-0.15, -0.1) is 0 Å². The third-order valence-corrected chi connectivity index (χ3v) is 7.16. The number of nitrogens with one attached hydrogen (secondary N) is 2. The van der Waals surface area contributed by atoms with E-state index >= 15 is 0 Å². The highest BCUT2D eigenvalue weighted by Gasteiger charge is 2.34. The fraction of sp³-hybridized carbons (Fsp3) is 0.382. The molecule has 2 atom stereocenters. The Morgan fingerprint density at radius 3 is 2.14 bits per heavy atom. The van der Waals surface area contributed by atoms with Crippen molar-refractivity contribution in [1.29, 1.82) is 0 Å². The number of hydrogen-bond acceptors (Lipinski definition) is 8. The summed E-state index contributed by atoms with van der Waals surface area (Å²) in [6.07, 6.45) is -1.49. The molecule has 44 heavy (non-hydrogen) atoms. The second-order valence-corrected chi connectivity index (χ2v) is 11.4. The van der Waals surface area contributed by atoms with Crippen LogP contribution in [0.2, 0.25) is 0 Å². The smallest absolute Gasteiger partial charge is 0.407 e. The van der Waals surface area contributed by atoms with Gasteiger partial charge in [0.1, 0.15) is 24.7 Å². The molecular formula is C34H40N2O8. The molecule has 4 rings (SSSR count). The maximum atomic E-state index is 13.4. The van der Waals surface area contributed by atoms with Gasteiger partial charge >= 0.3 is 12.1 Å². The van der Waals surface area contributed by atoms with Crippen LogP contribution in [0.1, 0.15) is 50.3 Å². The Morgan fingerprint density at radius 2 is 1.55 bits per heavy atom. The van der Waals surface area contributed by atoms with Crippen LogP contribution >= 0.6 is 0 Å². The van der Waals surface area contributed by atoms with Crippen LogP contribution in [0.25, 0.3) is 11.1 Å². The molecule has 0 heterocycles. The summed E-state index contributed by atoms with van der Waals surface area (Å²) in [5.41, 5.74) is 4.38. The first-order chi connectivity index (χ1) is 21.0. The number of hydrogen-bond donors (Lipinski definition) is 2. The second kappa shape index (κ2) is 14.3. The molecule has 3 aromatic carbocycles. The van der Waals surface area contributed by atoms with Gasteiger partial charge in [-0.2, -0.15) is 0 Å². The topological polar surface area (TPSA) is 121 Å². The monoisotopic (exact) mass is 604 g/mol. The van der Waals surface area contributed by atoms with Crippen LogP contribution in [-0.2, 0) is 30.4 Å². The van der Waals surface area contributed by atoms with Crippen molar-refractivity contribution < 1.29 is 38.1 Å². The Morgan fingerprint density at radius 1 is 0.909 bits per heavy atom. The number of rotatable bonds is 12. The molecule has 2 N–H and O–H groups in total. The summed E-state index contributed by atoms with van der Waals surface area (Å²) >= 11 is 0. The van der Waals surface area contributed by atoms with Crippen molar-refractivity contribution in [3.05, 3.63) is 83.4 Å². The average Bonchev–Trinajstić information content (AvgIpc) is 3.33. The highest BCUT2D eigenvalue weighted by Crippen LogP contribution is 2.44. The van der Waals surface area contributed by atoms with E-state index in [1.165, 1.54) is 14.2 Å². The van der Waals surface area contributed by atoms with E-state index in [9.17, 15) is 14.4 Å². The van der Waals surface area contributed by atoms with Crippen molar-refractivity contribution in [3.8, 4) is 22.6 Å². The van der Waals surface area contributed by atoms with Gasteiger partial charge in [-0.25, -0.2) is 9.59 Å². The minimum absolute atomic E-state index is 0.0989. The highest BCUT2D eigenvalue weighted by molar-refractivity contribution is 5.82. The molecular weight excluding hydrogens is 564 g/mol. The van der Waals surface area contributed by atoms with Gasteiger partial charge in [0.2, 0.25) is 0 Å². The van der Waals surface area contributed by atoms with E-state index in [0.717, 1.165) is 22.3 Å². The summed E-state index contributed by atoms with van der Waals surface area (Å²) in [4.78, 5) is 38.0. The zero-order chi connectivity index (χ0) is 31.9. The molecule has 0 aliphatic heterocycles. The number of benzene rings is 3. The molecule has 1 aliphatic rings. The largest absolute Gasteiger partial charge is 0.496 e. The lowest BCUT2D eigenvalue weighted by Gasteiger charge is -2.30. The molecule has 10 heteroatoms. The van der Waals surface area contributed by atoms with Crippen molar-refractivity contribution in [3.63, 3.8) is 0 Å². The molecule has 2 amide bonds. The van der Waals surface area contributed by atoms with Gasteiger partial charge in [0.15, 0.2) is 12.6 Å². The maximum Gasteiger partial charge on any atom is 0.407 e. The van der Waals surface area contributed by atoms with E-state index in [0.29, 0.717) is 17.1 Å². The summed E-state index contributed by atoms with van der Waals surface area (Å²) in [5, 5.41) is 5.15. The lowest BCUT2D eigenvalue weighted by Crippen LogP contribution is -2.51. The third kappa shape index (κ3) is 8.08. The molecule has 234 valence electrons. The first-order valence-corrected chi connectivity index (χ1v) is 14.5. The van der Waals surface area contributed by atoms with Crippen LogP contribution < -0.4 is 20.1 Å². The quantitative estimate of drug-likeness (QED) is 0.278. The van der Waals surface area contributed by atoms with Crippen LogP contribution in [0.4, 0.5) is 4.79 Å². The number of methoxy groups -OCH3 is 1. The molecule has 0 unspecified atom stereocenters. The van der Waals surface area contributed by atoms with Crippen LogP contribution in [0.5, 0.6) is 11.5 Å². The van der Waals surface area contributed by atoms with E-state index in [4.69, 9.17) is 23.7 Å². The first kappa shape index (κ1) is 32.3. The van der Waals surface area contributed by atoms with Gasteiger partial charge in [0, 0.05) is 24.6 Å². The summed E-state index contributed by atoms with van der Waals surface area (Å²) in [6.45, 7) is 7.08. The van der Waals surface area contributed by atoms with Gasteiger partial charge < -0.3 is 34.3 Å². The molecule has 0 saturated carbocycles. The maximum absolute atomic E-state index is 13.4.